The Morgan fingerprint density at radius 1 is 1.43 bits per heavy atom. The number of benzene rings is 1. The summed E-state index contributed by atoms with van der Waals surface area (Å²) in [7, 11) is 3.27. The van der Waals surface area contributed by atoms with Crippen LogP contribution in [-0.4, -0.2) is 41.3 Å². The average molecular weight is 284 g/mol. The quantitative estimate of drug-likeness (QED) is 0.859. The summed E-state index contributed by atoms with van der Waals surface area (Å²) in [6.45, 7) is 2.44. The summed E-state index contributed by atoms with van der Waals surface area (Å²) in [6, 6.07) is 9.17. The molecule has 0 unspecified atom stereocenters. The van der Waals surface area contributed by atoms with E-state index in [0.717, 1.165) is 0 Å². The van der Waals surface area contributed by atoms with Crippen LogP contribution in [0.15, 0.2) is 30.5 Å². The summed E-state index contributed by atoms with van der Waals surface area (Å²) in [6.07, 6.45) is 1.43. The zero-order chi connectivity index (χ0) is 15.4. The van der Waals surface area contributed by atoms with Gasteiger partial charge in [0.15, 0.2) is 5.69 Å². The van der Waals surface area contributed by atoms with Crippen LogP contribution >= 0.6 is 0 Å². The van der Waals surface area contributed by atoms with E-state index in [9.17, 15) is 10.1 Å². The highest BCUT2D eigenvalue weighted by Gasteiger charge is 2.20. The van der Waals surface area contributed by atoms with Gasteiger partial charge in [-0.1, -0.05) is 0 Å². The van der Waals surface area contributed by atoms with Crippen molar-refractivity contribution in [3.8, 4) is 17.5 Å². The molecule has 0 N–H and O–H groups in total. The van der Waals surface area contributed by atoms with E-state index < -0.39 is 0 Å². The first-order valence-corrected chi connectivity index (χ1v) is 6.50. The Bertz CT molecular complexity index is 683. The van der Waals surface area contributed by atoms with Gasteiger partial charge in [-0.25, -0.2) is 4.68 Å². The number of rotatable bonds is 4. The maximum Gasteiger partial charge on any atom is 0.258 e. The molecule has 0 aliphatic rings. The first-order valence-electron chi connectivity index (χ1n) is 6.50. The van der Waals surface area contributed by atoms with Gasteiger partial charge in [0.2, 0.25) is 0 Å². The molecule has 0 bridgehead atoms. The van der Waals surface area contributed by atoms with Crippen molar-refractivity contribution in [2.45, 2.75) is 6.92 Å². The Balaban J connectivity index is 2.44. The fourth-order valence-corrected chi connectivity index (χ4v) is 1.88. The Morgan fingerprint density at radius 3 is 2.62 bits per heavy atom. The summed E-state index contributed by atoms with van der Waals surface area (Å²) in [5.41, 5.74) is 1.23. The van der Waals surface area contributed by atoms with Crippen molar-refractivity contribution in [1.82, 2.24) is 14.7 Å². The van der Waals surface area contributed by atoms with E-state index in [-0.39, 0.29) is 11.6 Å². The SMILES string of the molecule is CCN(C)C(=O)c1cnn(-c2ccc(OC)cc2)c1C#N. The van der Waals surface area contributed by atoms with Crippen molar-refractivity contribution in [3.05, 3.63) is 41.7 Å². The van der Waals surface area contributed by atoms with E-state index in [1.165, 1.54) is 15.8 Å². The fourth-order valence-electron chi connectivity index (χ4n) is 1.88. The minimum Gasteiger partial charge on any atom is -0.497 e. The second-order valence-corrected chi connectivity index (χ2v) is 4.45. The van der Waals surface area contributed by atoms with Gasteiger partial charge in [0, 0.05) is 13.6 Å². The summed E-state index contributed by atoms with van der Waals surface area (Å²) < 4.78 is 6.55. The van der Waals surface area contributed by atoms with Gasteiger partial charge in [-0.3, -0.25) is 4.79 Å². The largest absolute Gasteiger partial charge is 0.497 e. The van der Waals surface area contributed by atoms with E-state index in [1.807, 2.05) is 6.92 Å². The number of carbonyl (C=O) groups excluding carboxylic acids is 1. The third-order valence-electron chi connectivity index (χ3n) is 3.24. The molecule has 2 rings (SSSR count). The third-order valence-corrected chi connectivity index (χ3v) is 3.24. The molecule has 1 heterocycles. The van der Waals surface area contributed by atoms with Crippen LogP contribution in [-0.2, 0) is 0 Å². The molecule has 1 amide bonds. The van der Waals surface area contributed by atoms with Gasteiger partial charge < -0.3 is 9.64 Å². The van der Waals surface area contributed by atoms with Crippen molar-refractivity contribution in [1.29, 1.82) is 5.26 Å². The lowest BCUT2D eigenvalue weighted by atomic mass is 10.2. The maximum absolute atomic E-state index is 12.2. The topological polar surface area (TPSA) is 71.2 Å². The molecular formula is C15H16N4O2. The van der Waals surface area contributed by atoms with E-state index >= 15 is 0 Å². The van der Waals surface area contributed by atoms with Crippen molar-refractivity contribution >= 4 is 5.91 Å². The highest BCUT2D eigenvalue weighted by molar-refractivity contribution is 5.96. The number of nitriles is 1. The summed E-state index contributed by atoms with van der Waals surface area (Å²) in [5.74, 6) is 0.500. The first kappa shape index (κ1) is 14.6. The number of hydrogen-bond donors (Lipinski definition) is 0. The van der Waals surface area contributed by atoms with E-state index in [1.54, 1.807) is 38.4 Å². The molecule has 0 radical (unpaired) electrons. The third kappa shape index (κ3) is 2.72. The Hall–Kier alpha value is -2.81. The summed E-state index contributed by atoms with van der Waals surface area (Å²) >= 11 is 0. The van der Waals surface area contributed by atoms with Gasteiger partial charge >= 0.3 is 0 Å². The van der Waals surface area contributed by atoms with Gasteiger partial charge in [-0.2, -0.15) is 10.4 Å². The zero-order valence-corrected chi connectivity index (χ0v) is 12.2. The molecule has 0 fully saturated rings. The molecular weight excluding hydrogens is 268 g/mol. The molecule has 6 nitrogen and oxygen atoms in total. The number of hydrogen-bond acceptors (Lipinski definition) is 4. The highest BCUT2D eigenvalue weighted by atomic mass is 16.5. The molecule has 0 aliphatic heterocycles. The number of carbonyl (C=O) groups is 1. The molecule has 0 aliphatic carbocycles. The van der Waals surface area contributed by atoms with Crippen LogP contribution in [0, 0.1) is 11.3 Å². The molecule has 2 aromatic rings. The second-order valence-electron chi connectivity index (χ2n) is 4.45. The molecule has 0 spiro atoms. The second kappa shape index (κ2) is 6.09. The lowest BCUT2D eigenvalue weighted by Gasteiger charge is -2.13. The maximum atomic E-state index is 12.2. The predicted octanol–water partition coefficient (Wildman–Crippen LogP) is 1.84. The van der Waals surface area contributed by atoms with Gasteiger partial charge in [0.1, 0.15) is 11.8 Å². The Morgan fingerprint density at radius 2 is 2.10 bits per heavy atom. The number of amides is 1. The van der Waals surface area contributed by atoms with Crippen LogP contribution in [0.2, 0.25) is 0 Å². The van der Waals surface area contributed by atoms with Crippen LogP contribution in [0.1, 0.15) is 23.0 Å². The first-order chi connectivity index (χ1) is 10.1. The Labute approximate surface area is 123 Å². The van der Waals surface area contributed by atoms with Gasteiger partial charge in [-0.15, -0.1) is 0 Å². The van der Waals surface area contributed by atoms with Crippen LogP contribution in [0.3, 0.4) is 0 Å². The van der Waals surface area contributed by atoms with Gasteiger partial charge in [-0.05, 0) is 31.2 Å². The summed E-state index contributed by atoms with van der Waals surface area (Å²) in [5, 5.41) is 13.5. The molecule has 1 aromatic heterocycles. The van der Waals surface area contributed by atoms with Crippen molar-refractivity contribution < 1.29 is 9.53 Å². The minimum absolute atomic E-state index is 0.214. The number of methoxy groups -OCH3 is 1. The van der Waals surface area contributed by atoms with Gasteiger partial charge in [0.05, 0.1) is 24.6 Å². The predicted molar refractivity (Wildman–Crippen MR) is 77.5 cm³/mol. The van der Waals surface area contributed by atoms with Gasteiger partial charge in [0.25, 0.3) is 5.91 Å². The number of ether oxygens (including phenoxy) is 1. The molecule has 6 heteroatoms. The van der Waals surface area contributed by atoms with Crippen LogP contribution in [0.25, 0.3) is 5.69 Å². The molecule has 0 saturated carbocycles. The summed E-state index contributed by atoms with van der Waals surface area (Å²) in [4.78, 5) is 13.7. The van der Waals surface area contributed by atoms with Crippen molar-refractivity contribution in [2.75, 3.05) is 20.7 Å². The number of nitrogens with zero attached hydrogens (tertiary/aromatic N) is 4. The normalized spacial score (nSPS) is 10.0. The van der Waals surface area contributed by atoms with Crippen molar-refractivity contribution in [2.24, 2.45) is 0 Å². The average Bonchev–Trinajstić information content (AvgIpc) is 2.97. The Kier molecular flexibility index (Phi) is 4.24. The van der Waals surface area contributed by atoms with Crippen LogP contribution in [0.5, 0.6) is 5.75 Å². The lowest BCUT2D eigenvalue weighted by Crippen LogP contribution is -2.26. The van der Waals surface area contributed by atoms with Crippen LogP contribution in [0.4, 0.5) is 0 Å². The molecule has 0 saturated heterocycles. The number of aromatic nitrogens is 2. The lowest BCUT2D eigenvalue weighted by molar-refractivity contribution is 0.0802. The van der Waals surface area contributed by atoms with E-state index in [2.05, 4.69) is 11.2 Å². The standard InChI is InChI=1S/C15H16N4O2/c1-4-18(2)15(20)13-10-17-19(14(13)9-16)11-5-7-12(21-3)8-6-11/h5-8,10H,4H2,1-3H3. The smallest absolute Gasteiger partial charge is 0.258 e. The van der Waals surface area contributed by atoms with Crippen molar-refractivity contribution in [3.63, 3.8) is 0 Å². The highest BCUT2D eigenvalue weighted by Crippen LogP contribution is 2.18. The zero-order valence-electron chi connectivity index (χ0n) is 12.2. The molecule has 0 atom stereocenters. The monoisotopic (exact) mass is 284 g/mol. The molecule has 21 heavy (non-hydrogen) atoms. The van der Waals surface area contributed by atoms with E-state index in [0.29, 0.717) is 23.5 Å². The van der Waals surface area contributed by atoms with E-state index in [4.69, 9.17) is 4.74 Å². The van der Waals surface area contributed by atoms with Crippen LogP contribution < -0.4 is 4.74 Å². The fraction of sp³-hybridized carbons (Fsp3) is 0.267. The minimum atomic E-state index is -0.214. The molecule has 108 valence electrons. The molecule has 1 aromatic carbocycles.